The SMILES string of the molecule is CCCN(CC(=O)Nc1ccccc1C)C(=O)COC(=O)c1c(C)oc(C)c1C. The first-order valence-electron chi connectivity index (χ1n) is 9.61. The van der Waals surface area contributed by atoms with Gasteiger partial charge in [-0.2, -0.15) is 0 Å². The van der Waals surface area contributed by atoms with Gasteiger partial charge in [0.15, 0.2) is 6.61 Å². The Labute approximate surface area is 171 Å². The van der Waals surface area contributed by atoms with Crippen LogP contribution in [-0.2, 0) is 14.3 Å². The highest BCUT2D eigenvalue weighted by Crippen LogP contribution is 2.21. The number of rotatable bonds is 8. The van der Waals surface area contributed by atoms with Gasteiger partial charge in [0.2, 0.25) is 5.91 Å². The molecule has 0 spiro atoms. The predicted octanol–water partition coefficient (Wildman–Crippen LogP) is 3.55. The van der Waals surface area contributed by atoms with Crippen molar-refractivity contribution in [2.75, 3.05) is 25.0 Å². The van der Waals surface area contributed by atoms with Crippen LogP contribution >= 0.6 is 0 Å². The monoisotopic (exact) mass is 400 g/mol. The van der Waals surface area contributed by atoms with E-state index in [0.717, 1.165) is 5.56 Å². The zero-order valence-corrected chi connectivity index (χ0v) is 17.6. The molecule has 7 heteroatoms. The summed E-state index contributed by atoms with van der Waals surface area (Å²) in [5.74, 6) is -0.229. The number of esters is 1. The van der Waals surface area contributed by atoms with Crippen LogP contribution in [0.1, 0.15) is 46.3 Å². The Kier molecular flexibility index (Phi) is 7.59. The summed E-state index contributed by atoms with van der Waals surface area (Å²) in [7, 11) is 0. The number of hydrogen-bond acceptors (Lipinski definition) is 5. The molecular formula is C22H28N2O5. The van der Waals surface area contributed by atoms with Crippen molar-refractivity contribution in [2.24, 2.45) is 0 Å². The number of carbonyl (C=O) groups excluding carboxylic acids is 3. The Morgan fingerprint density at radius 1 is 1.07 bits per heavy atom. The third-order valence-corrected chi connectivity index (χ3v) is 4.69. The van der Waals surface area contributed by atoms with Gasteiger partial charge in [0.05, 0.1) is 6.54 Å². The topological polar surface area (TPSA) is 88.9 Å². The summed E-state index contributed by atoms with van der Waals surface area (Å²) < 4.78 is 10.6. The van der Waals surface area contributed by atoms with Gasteiger partial charge in [-0.15, -0.1) is 0 Å². The highest BCUT2D eigenvalue weighted by Gasteiger charge is 2.23. The highest BCUT2D eigenvalue weighted by atomic mass is 16.5. The maximum atomic E-state index is 12.5. The van der Waals surface area contributed by atoms with Crippen molar-refractivity contribution in [1.29, 1.82) is 0 Å². The van der Waals surface area contributed by atoms with Gasteiger partial charge >= 0.3 is 5.97 Å². The summed E-state index contributed by atoms with van der Waals surface area (Å²) in [5.41, 5.74) is 2.68. The molecule has 29 heavy (non-hydrogen) atoms. The van der Waals surface area contributed by atoms with Gasteiger partial charge in [0, 0.05) is 17.8 Å². The lowest BCUT2D eigenvalue weighted by Crippen LogP contribution is -2.40. The lowest BCUT2D eigenvalue weighted by Gasteiger charge is -2.21. The minimum atomic E-state index is -0.606. The van der Waals surface area contributed by atoms with E-state index in [9.17, 15) is 14.4 Å². The smallest absolute Gasteiger partial charge is 0.342 e. The molecule has 0 unspecified atom stereocenters. The van der Waals surface area contributed by atoms with Crippen molar-refractivity contribution >= 4 is 23.5 Å². The minimum Gasteiger partial charge on any atom is -0.465 e. The van der Waals surface area contributed by atoms with E-state index in [4.69, 9.17) is 9.15 Å². The van der Waals surface area contributed by atoms with Crippen molar-refractivity contribution in [3.63, 3.8) is 0 Å². The Morgan fingerprint density at radius 2 is 1.76 bits per heavy atom. The van der Waals surface area contributed by atoms with E-state index in [1.165, 1.54) is 4.90 Å². The number of hydrogen-bond donors (Lipinski definition) is 1. The first-order chi connectivity index (χ1) is 13.7. The van der Waals surface area contributed by atoms with Crippen molar-refractivity contribution < 1.29 is 23.5 Å². The molecule has 0 atom stereocenters. The van der Waals surface area contributed by atoms with E-state index in [-0.39, 0.29) is 12.5 Å². The van der Waals surface area contributed by atoms with E-state index in [0.29, 0.717) is 41.3 Å². The fraction of sp³-hybridized carbons (Fsp3) is 0.409. The normalized spacial score (nSPS) is 10.5. The molecule has 156 valence electrons. The summed E-state index contributed by atoms with van der Waals surface area (Å²) in [6.45, 7) is 8.86. The number of nitrogens with zero attached hydrogens (tertiary/aromatic N) is 1. The number of amides is 2. The van der Waals surface area contributed by atoms with E-state index in [2.05, 4.69) is 5.32 Å². The van der Waals surface area contributed by atoms with Gasteiger partial charge < -0.3 is 19.4 Å². The second-order valence-electron chi connectivity index (χ2n) is 6.97. The van der Waals surface area contributed by atoms with Gasteiger partial charge in [-0.1, -0.05) is 25.1 Å². The lowest BCUT2D eigenvalue weighted by atomic mass is 10.1. The predicted molar refractivity (Wildman–Crippen MR) is 110 cm³/mol. The molecular weight excluding hydrogens is 372 g/mol. The van der Waals surface area contributed by atoms with Crippen LogP contribution in [0.25, 0.3) is 0 Å². The number of ether oxygens (including phenoxy) is 1. The first-order valence-corrected chi connectivity index (χ1v) is 9.61. The van der Waals surface area contributed by atoms with Crippen LogP contribution in [-0.4, -0.2) is 42.4 Å². The van der Waals surface area contributed by atoms with Gasteiger partial charge in [-0.25, -0.2) is 4.79 Å². The van der Waals surface area contributed by atoms with Crippen molar-refractivity contribution in [2.45, 2.75) is 41.0 Å². The summed E-state index contributed by atoms with van der Waals surface area (Å²) in [5, 5.41) is 2.81. The molecule has 0 aliphatic rings. The molecule has 0 aliphatic heterocycles. The molecule has 1 heterocycles. The van der Waals surface area contributed by atoms with Crippen LogP contribution in [0.3, 0.4) is 0 Å². The Morgan fingerprint density at radius 3 is 2.34 bits per heavy atom. The number of carbonyl (C=O) groups is 3. The Balaban J connectivity index is 1.97. The van der Waals surface area contributed by atoms with E-state index in [1.54, 1.807) is 26.8 Å². The fourth-order valence-corrected chi connectivity index (χ4v) is 3.02. The molecule has 0 saturated heterocycles. The largest absolute Gasteiger partial charge is 0.465 e. The fourth-order valence-electron chi connectivity index (χ4n) is 3.02. The van der Waals surface area contributed by atoms with Crippen LogP contribution < -0.4 is 5.32 Å². The molecule has 1 aromatic heterocycles. The molecule has 0 bridgehead atoms. The zero-order chi connectivity index (χ0) is 21.6. The molecule has 0 saturated carbocycles. The zero-order valence-electron chi connectivity index (χ0n) is 17.6. The first kappa shape index (κ1) is 22.2. The molecule has 0 radical (unpaired) electrons. The number of para-hydroxylation sites is 1. The third kappa shape index (κ3) is 5.70. The van der Waals surface area contributed by atoms with Crippen LogP contribution in [0.2, 0.25) is 0 Å². The number of anilines is 1. The van der Waals surface area contributed by atoms with Crippen LogP contribution in [0.4, 0.5) is 5.69 Å². The van der Waals surface area contributed by atoms with Gasteiger partial charge in [0.25, 0.3) is 5.91 Å². The third-order valence-electron chi connectivity index (χ3n) is 4.69. The average molecular weight is 400 g/mol. The molecule has 2 rings (SSSR count). The van der Waals surface area contributed by atoms with Gasteiger partial charge in [-0.3, -0.25) is 9.59 Å². The summed E-state index contributed by atoms with van der Waals surface area (Å²) in [6, 6.07) is 7.42. The number of furan rings is 1. The Bertz CT molecular complexity index is 901. The standard InChI is InChI=1S/C22H28N2O5/c1-6-11-24(12-19(25)23-18-10-8-7-9-14(18)2)20(26)13-28-22(27)21-15(3)16(4)29-17(21)5/h7-10H,6,11-13H2,1-5H3,(H,23,25). The molecule has 1 N–H and O–H groups in total. The maximum Gasteiger partial charge on any atom is 0.342 e. The van der Waals surface area contributed by atoms with Crippen LogP contribution in [0.5, 0.6) is 0 Å². The summed E-state index contributed by atoms with van der Waals surface area (Å²) in [4.78, 5) is 38.7. The lowest BCUT2D eigenvalue weighted by molar-refractivity contribution is -0.137. The van der Waals surface area contributed by atoms with Crippen LogP contribution in [0, 0.1) is 27.7 Å². The van der Waals surface area contributed by atoms with Crippen molar-refractivity contribution in [3.8, 4) is 0 Å². The summed E-state index contributed by atoms with van der Waals surface area (Å²) >= 11 is 0. The molecule has 1 aromatic carbocycles. The van der Waals surface area contributed by atoms with E-state index >= 15 is 0 Å². The average Bonchev–Trinajstić information content (AvgIpc) is 2.93. The van der Waals surface area contributed by atoms with Crippen molar-refractivity contribution in [1.82, 2.24) is 4.90 Å². The maximum absolute atomic E-state index is 12.5. The molecule has 7 nitrogen and oxygen atoms in total. The van der Waals surface area contributed by atoms with E-state index < -0.39 is 18.5 Å². The Hall–Kier alpha value is -3.09. The van der Waals surface area contributed by atoms with E-state index in [1.807, 2.05) is 32.0 Å². The van der Waals surface area contributed by atoms with Gasteiger partial charge in [-0.05, 0) is 45.7 Å². The van der Waals surface area contributed by atoms with Gasteiger partial charge in [0.1, 0.15) is 17.1 Å². The second kappa shape index (κ2) is 9.91. The van der Waals surface area contributed by atoms with Crippen molar-refractivity contribution in [3.05, 3.63) is 52.5 Å². The molecule has 0 aliphatic carbocycles. The summed E-state index contributed by atoms with van der Waals surface area (Å²) in [6.07, 6.45) is 0.677. The highest BCUT2D eigenvalue weighted by molar-refractivity contribution is 5.96. The number of aryl methyl sites for hydroxylation is 3. The molecule has 0 fully saturated rings. The minimum absolute atomic E-state index is 0.110. The number of nitrogens with one attached hydrogen (secondary N) is 1. The number of benzene rings is 1. The molecule has 2 amide bonds. The quantitative estimate of drug-likeness (QED) is 0.685. The molecule has 2 aromatic rings. The van der Waals surface area contributed by atoms with Crippen LogP contribution in [0.15, 0.2) is 28.7 Å². The second-order valence-corrected chi connectivity index (χ2v) is 6.97.